The van der Waals surface area contributed by atoms with E-state index in [1.54, 1.807) is 13.0 Å². The molecule has 9 heteroatoms. The molecule has 1 atom stereocenters. The lowest BCUT2D eigenvalue weighted by atomic mass is 9.97. The van der Waals surface area contributed by atoms with E-state index in [1.165, 1.54) is 37.4 Å². The summed E-state index contributed by atoms with van der Waals surface area (Å²) in [6, 6.07) is 5.63. The predicted octanol–water partition coefficient (Wildman–Crippen LogP) is 3.55. The highest BCUT2D eigenvalue weighted by molar-refractivity contribution is 7.92. The van der Waals surface area contributed by atoms with Gasteiger partial charge < -0.3 is 5.11 Å². The number of aliphatic hydroxyl groups is 1. The lowest BCUT2D eigenvalue weighted by molar-refractivity contribution is -0.116. The van der Waals surface area contributed by atoms with Gasteiger partial charge in [0.25, 0.3) is 0 Å². The van der Waals surface area contributed by atoms with E-state index < -0.39 is 21.9 Å². The Hall–Kier alpha value is -2.65. The van der Waals surface area contributed by atoms with E-state index in [1.807, 2.05) is 13.8 Å². The molecule has 2 rings (SSSR count). The molecule has 1 aromatic heterocycles. The summed E-state index contributed by atoms with van der Waals surface area (Å²) in [6.45, 7) is 5.57. The first-order valence-corrected chi connectivity index (χ1v) is 11.8. The number of anilines is 1. The van der Waals surface area contributed by atoms with E-state index in [-0.39, 0.29) is 24.1 Å². The third-order valence-electron chi connectivity index (χ3n) is 4.75. The highest BCUT2D eigenvalue weighted by Crippen LogP contribution is 2.31. The topological polar surface area (TPSA) is 100 Å². The molecule has 0 saturated carbocycles. The van der Waals surface area contributed by atoms with Crippen LogP contribution in [0.15, 0.2) is 30.3 Å². The lowest BCUT2D eigenvalue weighted by Crippen LogP contribution is -2.27. The highest BCUT2D eigenvalue weighted by Gasteiger charge is 2.22. The number of benzene rings is 1. The van der Waals surface area contributed by atoms with Gasteiger partial charge in [0.15, 0.2) is 5.78 Å². The predicted molar refractivity (Wildman–Crippen MR) is 120 cm³/mol. The Morgan fingerprint density at radius 1 is 1.23 bits per heavy atom. The van der Waals surface area contributed by atoms with Gasteiger partial charge in [-0.25, -0.2) is 27.1 Å². The molecule has 0 spiro atoms. The molecule has 0 radical (unpaired) electrons. The number of aliphatic hydroxyl groups excluding tert-OH is 1. The summed E-state index contributed by atoms with van der Waals surface area (Å²) in [5.41, 5.74) is 2.00. The Morgan fingerprint density at radius 3 is 2.35 bits per heavy atom. The van der Waals surface area contributed by atoms with Crippen LogP contribution in [0.1, 0.15) is 50.8 Å². The molecule has 0 aliphatic rings. The largest absolute Gasteiger partial charge is 0.393 e. The van der Waals surface area contributed by atoms with E-state index in [4.69, 9.17) is 0 Å². The highest BCUT2D eigenvalue weighted by atomic mass is 32.2. The normalized spacial score (nSPS) is 13.0. The average Bonchev–Trinajstić information content (AvgIpc) is 2.70. The molecule has 7 nitrogen and oxygen atoms in total. The molecule has 0 fully saturated rings. The molecule has 0 aliphatic carbocycles. The van der Waals surface area contributed by atoms with Crippen LogP contribution in [0.3, 0.4) is 0 Å². The lowest BCUT2D eigenvalue weighted by Gasteiger charge is -2.20. The first-order valence-electron chi connectivity index (χ1n) is 9.94. The standard InChI is InChI=1S/C22H28FN3O4S/c1-6-17(27)13-18(28)11-12-19-20(14(2)3)24-22(26(4)31(5,29)30)25-21(19)15-7-9-16(23)10-8-15/h7-12,14,17,27H,6,13H2,1-5H3/b12-11+/t17-/m0/s1. The minimum atomic E-state index is -3.61. The number of aromatic nitrogens is 2. The summed E-state index contributed by atoms with van der Waals surface area (Å²) in [7, 11) is -2.26. The van der Waals surface area contributed by atoms with Gasteiger partial charge in [-0.05, 0) is 48.8 Å². The summed E-state index contributed by atoms with van der Waals surface area (Å²) in [4.78, 5) is 21.1. The molecule has 1 heterocycles. The zero-order chi connectivity index (χ0) is 23.3. The van der Waals surface area contributed by atoms with Crippen molar-refractivity contribution < 1.29 is 22.7 Å². The van der Waals surface area contributed by atoms with Crippen LogP contribution in [0.5, 0.6) is 0 Å². The van der Waals surface area contributed by atoms with Gasteiger partial charge in [0.1, 0.15) is 5.82 Å². The van der Waals surface area contributed by atoms with Crippen molar-refractivity contribution in [2.45, 2.75) is 45.6 Å². The van der Waals surface area contributed by atoms with Gasteiger partial charge >= 0.3 is 0 Å². The molecule has 0 unspecified atom stereocenters. The zero-order valence-corrected chi connectivity index (χ0v) is 19.1. The van der Waals surface area contributed by atoms with Crippen molar-refractivity contribution in [2.24, 2.45) is 0 Å². The monoisotopic (exact) mass is 449 g/mol. The number of sulfonamides is 1. The van der Waals surface area contributed by atoms with Crippen molar-refractivity contribution >= 4 is 27.8 Å². The Balaban J connectivity index is 2.70. The number of halogens is 1. The molecule has 31 heavy (non-hydrogen) atoms. The number of hydrogen-bond donors (Lipinski definition) is 1. The summed E-state index contributed by atoms with van der Waals surface area (Å²) in [6.07, 6.45) is 3.72. The van der Waals surface area contributed by atoms with Crippen molar-refractivity contribution in [1.82, 2.24) is 9.97 Å². The maximum atomic E-state index is 13.5. The SMILES string of the molecule is CC[C@H](O)CC(=O)/C=C/c1c(-c2ccc(F)cc2)nc(N(C)S(C)(=O)=O)nc1C(C)C. The second-order valence-corrected chi connectivity index (χ2v) is 9.64. The third kappa shape index (κ3) is 6.41. The molecular weight excluding hydrogens is 421 g/mol. The van der Waals surface area contributed by atoms with Crippen LogP contribution in [0.2, 0.25) is 0 Å². The molecule has 0 bridgehead atoms. The number of ketones is 1. The van der Waals surface area contributed by atoms with E-state index in [2.05, 4.69) is 9.97 Å². The minimum absolute atomic E-state index is 0.00828. The van der Waals surface area contributed by atoms with Gasteiger partial charge in [-0.1, -0.05) is 20.8 Å². The van der Waals surface area contributed by atoms with Crippen LogP contribution in [0.25, 0.3) is 17.3 Å². The number of allylic oxidation sites excluding steroid dienone is 1. The second-order valence-electron chi connectivity index (χ2n) is 7.63. The number of carbonyl (C=O) groups is 1. The summed E-state index contributed by atoms with van der Waals surface area (Å²) >= 11 is 0. The van der Waals surface area contributed by atoms with Crippen LogP contribution in [-0.4, -0.2) is 48.7 Å². The maximum absolute atomic E-state index is 13.5. The Bertz CT molecular complexity index is 1070. The van der Waals surface area contributed by atoms with Gasteiger partial charge in [-0.2, -0.15) is 0 Å². The van der Waals surface area contributed by atoms with Crippen molar-refractivity contribution in [3.8, 4) is 11.3 Å². The average molecular weight is 450 g/mol. The van der Waals surface area contributed by atoms with Gasteiger partial charge in [-0.15, -0.1) is 0 Å². The minimum Gasteiger partial charge on any atom is -0.393 e. The summed E-state index contributed by atoms with van der Waals surface area (Å²) < 4.78 is 38.6. The number of nitrogens with zero attached hydrogens (tertiary/aromatic N) is 3. The van der Waals surface area contributed by atoms with Crippen LogP contribution in [-0.2, 0) is 14.8 Å². The van der Waals surface area contributed by atoms with E-state index in [0.29, 0.717) is 28.9 Å². The number of hydrogen-bond acceptors (Lipinski definition) is 6. The first-order chi connectivity index (χ1) is 14.4. The third-order valence-corrected chi connectivity index (χ3v) is 5.91. The van der Waals surface area contributed by atoms with Gasteiger partial charge in [0.2, 0.25) is 16.0 Å². The van der Waals surface area contributed by atoms with Crippen LogP contribution in [0, 0.1) is 5.82 Å². The molecule has 168 valence electrons. The molecule has 0 aliphatic heterocycles. The van der Waals surface area contributed by atoms with Gasteiger partial charge in [0, 0.05) is 24.6 Å². The molecule has 1 aromatic carbocycles. The Morgan fingerprint density at radius 2 is 1.84 bits per heavy atom. The Kier molecular flexibility index (Phi) is 8.02. The van der Waals surface area contributed by atoms with Crippen molar-refractivity contribution in [2.75, 3.05) is 17.6 Å². The van der Waals surface area contributed by atoms with Crippen LogP contribution in [0.4, 0.5) is 10.3 Å². The molecular formula is C22H28FN3O4S. The van der Waals surface area contributed by atoms with Crippen molar-refractivity contribution in [3.63, 3.8) is 0 Å². The van der Waals surface area contributed by atoms with E-state index in [0.717, 1.165) is 10.6 Å². The second kappa shape index (κ2) is 10.1. The Labute approximate surface area is 182 Å². The van der Waals surface area contributed by atoms with Gasteiger partial charge in [-0.3, -0.25) is 4.79 Å². The zero-order valence-electron chi connectivity index (χ0n) is 18.3. The van der Waals surface area contributed by atoms with E-state index in [9.17, 15) is 22.7 Å². The van der Waals surface area contributed by atoms with Gasteiger partial charge in [0.05, 0.1) is 23.7 Å². The smallest absolute Gasteiger partial charge is 0.239 e. The molecule has 1 N–H and O–H groups in total. The quantitative estimate of drug-likeness (QED) is 0.588. The fourth-order valence-corrected chi connectivity index (χ4v) is 3.20. The van der Waals surface area contributed by atoms with Crippen LogP contribution >= 0.6 is 0 Å². The molecule has 2 aromatic rings. The number of carbonyl (C=O) groups excluding carboxylic acids is 1. The fraction of sp³-hybridized carbons (Fsp3) is 0.409. The number of rotatable bonds is 9. The van der Waals surface area contributed by atoms with E-state index >= 15 is 0 Å². The van der Waals surface area contributed by atoms with Crippen LogP contribution < -0.4 is 4.31 Å². The summed E-state index contributed by atoms with van der Waals surface area (Å²) in [5.74, 6) is -0.817. The first kappa shape index (κ1) is 24.6. The van der Waals surface area contributed by atoms with Crippen molar-refractivity contribution in [3.05, 3.63) is 47.4 Å². The molecule has 0 amide bonds. The molecule has 0 saturated heterocycles. The van der Waals surface area contributed by atoms with Crippen molar-refractivity contribution in [1.29, 1.82) is 0 Å². The summed E-state index contributed by atoms with van der Waals surface area (Å²) in [5, 5.41) is 9.72. The fourth-order valence-electron chi connectivity index (χ4n) is 2.82. The maximum Gasteiger partial charge on any atom is 0.239 e.